The molecule has 0 aromatic rings. The molecule has 4 aliphatic rings. The van der Waals surface area contributed by atoms with Crippen LogP contribution in [0.5, 0.6) is 0 Å². The lowest BCUT2D eigenvalue weighted by molar-refractivity contribution is -0.169. The zero-order chi connectivity index (χ0) is 56.5. The molecule has 4 heterocycles. The summed E-state index contributed by atoms with van der Waals surface area (Å²) in [7, 11) is 0. The van der Waals surface area contributed by atoms with Gasteiger partial charge in [0, 0.05) is 26.4 Å². The summed E-state index contributed by atoms with van der Waals surface area (Å²) >= 11 is 0. The molecule has 0 aromatic carbocycles. The van der Waals surface area contributed by atoms with Crippen molar-refractivity contribution < 1.29 is 114 Å². The van der Waals surface area contributed by atoms with Gasteiger partial charge in [-0.15, -0.1) is 0 Å². The molecule has 0 N–H and O–H groups in total. The van der Waals surface area contributed by atoms with E-state index in [1.54, 1.807) is 0 Å². The minimum atomic E-state index is -0.676. The lowest BCUT2D eigenvalue weighted by Crippen LogP contribution is -2.43. The Hall–Kier alpha value is -0.960. The summed E-state index contributed by atoms with van der Waals surface area (Å²) < 4.78 is 139. The Kier molecular flexibility index (Phi) is 49.8. The van der Waals surface area contributed by atoms with Gasteiger partial charge in [-0.25, -0.2) is 0 Å². The van der Waals surface area contributed by atoms with Gasteiger partial charge in [0.15, 0.2) is 25.2 Å². The van der Waals surface area contributed by atoms with E-state index in [-0.39, 0.29) is 51.6 Å². The molecular weight excluding hydrogens is 1070 g/mol. The Morgan fingerprint density at radius 1 is 0.198 bits per heavy atom. The first-order chi connectivity index (χ1) is 40.3. The summed E-state index contributed by atoms with van der Waals surface area (Å²) in [5.74, 6) is 0. The van der Waals surface area contributed by atoms with Crippen LogP contribution >= 0.6 is 0 Å². The maximum absolute atomic E-state index is 6.24. The first-order valence-corrected chi connectivity index (χ1v) is 30.5. The Bertz CT molecular complexity index is 1090. The lowest BCUT2D eigenvalue weighted by Gasteiger charge is -2.33. The van der Waals surface area contributed by atoms with Crippen LogP contribution in [0.15, 0.2) is 0 Å². The van der Waals surface area contributed by atoms with Crippen molar-refractivity contribution in [2.24, 2.45) is 5.41 Å². The van der Waals surface area contributed by atoms with E-state index >= 15 is 0 Å². The van der Waals surface area contributed by atoms with Gasteiger partial charge >= 0.3 is 0 Å². The maximum atomic E-state index is 6.24. The topological polar surface area (TPSA) is 222 Å². The summed E-state index contributed by atoms with van der Waals surface area (Å²) in [6, 6.07) is 0. The van der Waals surface area contributed by atoms with Crippen molar-refractivity contribution in [1.82, 2.24) is 0 Å². The SMILES string of the molecule is C1CCC(OCCOCCOCCOCCOCC(COCCOCCOCCOCCOC2CCCCO2)(COCCOCCOCCOCCOC2CCCCO2)COCCOCCOCCOCCOC2CCCCO2)OC1. The number of ether oxygens (including phenoxy) is 24. The van der Waals surface area contributed by atoms with Gasteiger partial charge in [0.05, 0.1) is 243 Å². The molecular formula is C57H108O24. The summed E-state index contributed by atoms with van der Waals surface area (Å²) in [5.41, 5.74) is -0.676. The second-order valence-corrected chi connectivity index (χ2v) is 19.7. The molecule has 0 amide bonds. The molecule has 0 saturated carbocycles. The second kappa shape index (κ2) is 55.6. The van der Waals surface area contributed by atoms with E-state index in [2.05, 4.69) is 0 Å². The van der Waals surface area contributed by atoms with Crippen LogP contribution in [0, 0.1) is 5.41 Å². The van der Waals surface area contributed by atoms with Crippen molar-refractivity contribution in [3.63, 3.8) is 0 Å². The van der Waals surface area contributed by atoms with Gasteiger partial charge in [-0.05, 0) is 77.0 Å². The third-order valence-corrected chi connectivity index (χ3v) is 12.8. The molecule has 4 fully saturated rings. The van der Waals surface area contributed by atoms with Crippen LogP contribution in [0.1, 0.15) is 77.0 Å². The second-order valence-electron chi connectivity index (χ2n) is 19.7. The molecule has 4 unspecified atom stereocenters. The van der Waals surface area contributed by atoms with Crippen LogP contribution in [-0.4, -0.2) is 289 Å². The van der Waals surface area contributed by atoms with E-state index in [9.17, 15) is 0 Å². The van der Waals surface area contributed by atoms with Gasteiger partial charge in [0.25, 0.3) is 0 Å². The Labute approximate surface area is 484 Å². The fourth-order valence-corrected chi connectivity index (χ4v) is 8.37. The molecule has 4 aliphatic heterocycles. The van der Waals surface area contributed by atoms with Crippen molar-refractivity contribution in [3.05, 3.63) is 0 Å². The molecule has 24 heteroatoms. The van der Waals surface area contributed by atoms with E-state index < -0.39 is 5.41 Å². The van der Waals surface area contributed by atoms with E-state index in [0.29, 0.717) is 211 Å². The molecule has 4 atom stereocenters. The van der Waals surface area contributed by atoms with Crippen LogP contribution in [0.4, 0.5) is 0 Å². The van der Waals surface area contributed by atoms with Crippen LogP contribution in [0.2, 0.25) is 0 Å². The highest BCUT2D eigenvalue weighted by Gasteiger charge is 2.33. The molecule has 0 spiro atoms. The third-order valence-electron chi connectivity index (χ3n) is 12.8. The lowest BCUT2D eigenvalue weighted by atomic mass is 9.92. The minimum Gasteiger partial charge on any atom is -0.378 e. The van der Waals surface area contributed by atoms with E-state index in [4.69, 9.17) is 114 Å². The summed E-state index contributed by atoms with van der Waals surface area (Å²) in [6.07, 6.45) is 12.2. The van der Waals surface area contributed by atoms with Gasteiger partial charge in [0.1, 0.15) is 0 Å². The number of rotatable bonds is 60. The van der Waals surface area contributed by atoms with Gasteiger partial charge in [-0.2, -0.15) is 0 Å². The molecule has 24 nitrogen and oxygen atoms in total. The highest BCUT2D eigenvalue weighted by atomic mass is 16.7. The predicted molar refractivity (Wildman–Crippen MR) is 294 cm³/mol. The molecule has 0 aromatic heterocycles. The first kappa shape index (κ1) is 72.5. The Balaban J connectivity index is 1.11. The number of hydrogen-bond acceptors (Lipinski definition) is 24. The molecule has 0 bridgehead atoms. The van der Waals surface area contributed by atoms with Gasteiger partial charge in [-0.1, -0.05) is 0 Å². The quantitative estimate of drug-likeness (QED) is 0.0770. The van der Waals surface area contributed by atoms with Crippen molar-refractivity contribution >= 4 is 0 Å². The van der Waals surface area contributed by atoms with E-state index in [1.807, 2.05) is 0 Å². The fraction of sp³-hybridized carbons (Fsp3) is 1.00. The van der Waals surface area contributed by atoms with Gasteiger partial charge < -0.3 is 114 Å². The first-order valence-electron chi connectivity index (χ1n) is 30.5. The summed E-state index contributed by atoms with van der Waals surface area (Å²) in [5, 5.41) is 0. The zero-order valence-electron chi connectivity index (χ0n) is 49.4. The highest BCUT2D eigenvalue weighted by Crippen LogP contribution is 2.22. The van der Waals surface area contributed by atoms with Crippen LogP contribution < -0.4 is 0 Å². The van der Waals surface area contributed by atoms with Crippen LogP contribution in [0.25, 0.3) is 0 Å². The molecule has 0 aliphatic carbocycles. The summed E-state index contributed by atoms with van der Waals surface area (Å²) in [6.45, 7) is 18.3. The van der Waals surface area contributed by atoms with Crippen LogP contribution in [-0.2, 0) is 114 Å². The van der Waals surface area contributed by atoms with Gasteiger partial charge in [-0.3, -0.25) is 0 Å². The van der Waals surface area contributed by atoms with Gasteiger partial charge in [0.2, 0.25) is 0 Å². The summed E-state index contributed by atoms with van der Waals surface area (Å²) in [4.78, 5) is 0. The Morgan fingerprint density at radius 2 is 0.358 bits per heavy atom. The van der Waals surface area contributed by atoms with Crippen molar-refractivity contribution in [2.75, 3.05) is 264 Å². The standard InChI is InChI=1S/C57H108O24/c1-5-13-74-53(9-1)78-45-41-66-29-25-58-17-21-62-33-37-70-49-57(50-71-38-34-63-22-18-59-26-30-67-42-46-79-54-10-2-6-14-75-54,51-72-39-35-64-23-19-60-27-31-68-43-47-80-55-11-3-7-15-76-55)52-73-40-36-65-24-20-61-28-32-69-44-48-81-56-12-4-8-16-77-56/h53-56H,1-52H2. The molecule has 4 rings (SSSR count). The van der Waals surface area contributed by atoms with E-state index in [1.165, 1.54) is 0 Å². The van der Waals surface area contributed by atoms with Crippen molar-refractivity contribution in [3.8, 4) is 0 Å². The molecule has 4 saturated heterocycles. The highest BCUT2D eigenvalue weighted by molar-refractivity contribution is 4.80. The Morgan fingerprint density at radius 3 is 0.519 bits per heavy atom. The van der Waals surface area contributed by atoms with Crippen molar-refractivity contribution in [1.29, 1.82) is 0 Å². The molecule has 480 valence electrons. The minimum absolute atomic E-state index is 0.111. The van der Waals surface area contributed by atoms with Crippen molar-refractivity contribution in [2.45, 2.75) is 102 Å². The fourth-order valence-electron chi connectivity index (χ4n) is 8.37. The average Bonchev–Trinajstić information content (AvgIpc) is 3.50. The van der Waals surface area contributed by atoms with E-state index in [0.717, 1.165) is 103 Å². The monoisotopic (exact) mass is 1180 g/mol. The third kappa shape index (κ3) is 44.2. The maximum Gasteiger partial charge on any atom is 0.157 e. The average molecular weight is 1180 g/mol. The zero-order valence-corrected chi connectivity index (χ0v) is 49.4. The predicted octanol–water partition coefficient (Wildman–Crippen LogP) is 4.41. The number of hydrogen-bond donors (Lipinski definition) is 0. The largest absolute Gasteiger partial charge is 0.378 e. The van der Waals surface area contributed by atoms with Crippen LogP contribution in [0.3, 0.4) is 0 Å². The normalized spacial score (nSPS) is 20.7. The molecule has 0 radical (unpaired) electrons. The smallest absolute Gasteiger partial charge is 0.157 e. The molecule has 81 heavy (non-hydrogen) atoms.